The molecular weight excluding hydrogens is 258 g/mol. The van der Waals surface area contributed by atoms with E-state index in [1.165, 1.54) is 6.07 Å². The van der Waals surface area contributed by atoms with Gasteiger partial charge in [0.2, 0.25) is 0 Å². The lowest BCUT2D eigenvalue weighted by atomic mass is 9.97. The molecule has 0 saturated carbocycles. The Labute approximate surface area is 118 Å². The van der Waals surface area contributed by atoms with E-state index in [0.717, 1.165) is 0 Å². The number of nitro benzene ring substituents is 1. The van der Waals surface area contributed by atoms with Crippen LogP contribution in [0, 0.1) is 28.4 Å². The Bertz CT molecular complexity index is 539. The van der Waals surface area contributed by atoms with Crippen molar-refractivity contribution in [3.63, 3.8) is 0 Å². The largest absolute Gasteiger partial charge is 0.491 e. The van der Waals surface area contributed by atoms with Gasteiger partial charge in [0.25, 0.3) is 5.69 Å². The maximum absolute atomic E-state index is 10.7. The zero-order valence-corrected chi connectivity index (χ0v) is 12.1. The zero-order chi connectivity index (χ0) is 15.3. The third-order valence-corrected chi connectivity index (χ3v) is 3.20. The first-order valence-corrected chi connectivity index (χ1v) is 6.33. The molecular formula is C14H19N3O3. The fourth-order valence-electron chi connectivity index (χ4n) is 1.96. The summed E-state index contributed by atoms with van der Waals surface area (Å²) in [7, 11) is 1.73. The third kappa shape index (κ3) is 3.93. The molecule has 0 amide bonds. The lowest BCUT2D eigenvalue weighted by Gasteiger charge is -2.25. The maximum Gasteiger partial charge on any atom is 0.272 e. The van der Waals surface area contributed by atoms with Crippen LogP contribution in [0.3, 0.4) is 0 Å². The van der Waals surface area contributed by atoms with Gasteiger partial charge in [-0.1, -0.05) is 0 Å². The fraction of sp³-hybridized carbons (Fsp3) is 0.500. The van der Waals surface area contributed by atoms with E-state index in [9.17, 15) is 10.1 Å². The van der Waals surface area contributed by atoms with Crippen molar-refractivity contribution in [2.24, 2.45) is 0 Å². The number of nitro groups is 1. The van der Waals surface area contributed by atoms with Gasteiger partial charge < -0.3 is 10.1 Å². The smallest absolute Gasteiger partial charge is 0.272 e. The number of benzene rings is 1. The normalized spacial score (nSPS) is 14.9. The first kappa shape index (κ1) is 15.9. The van der Waals surface area contributed by atoms with Crippen molar-refractivity contribution >= 4 is 5.69 Å². The van der Waals surface area contributed by atoms with Crippen molar-refractivity contribution in [2.45, 2.75) is 38.8 Å². The Kier molecular flexibility index (Phi) is 5.06. The van der Waals surface area contributed by atoms with E-state index in [0.29, 0.717) is 17.7 Å². The van der Waals surface area contributed by atoms with Gasteiger partial charge in [-0.25, -0.2) is 0 Å². The van der Waals surface area contributed by atoms with Crippen LogP contribution in [0.4, 0.5) is 5.69 Å². The zero-order valence-electron chi connectivity index (χ0n) is 12.1. The number of hydrogen-bond acceptors (Lipinski definition) is 5. The predicted octanol–water partition coefficient (Wildman–Crippen LogP) is 2.56. The van der Waals surface area contributed by atoms with Gasteiger partial charge in [0.05, 0.1) is 17.1 Å². The molecule has 0 heterocycles. The summed E-state index contributed by atoms with van der Waals surface area (Å²) in [6.07, 6.45) is 0.323. The predicted molar refractivity (Wildman–Crippen MR) is 75.6 cm³/mol. The molecule has 1 aromatic rings. The van der Waals surface area contributed by atoms with Gasteiger partial charge in [0.1, 0.15) is 11.3 Å². The maximum atomic E-state index is 10.7. The molecule has 0 aliphatic heterocycles. The van der Waals surface area contributed by atoms with Crippen LogP contribution in [0.25, 0.3) is 0 Å². The van der Waals surface area contributed by atoms with E-state index in [1.54, 1.807) is 33.0 Å². The van der Waals surface area contributed by atoms with Crippen molar-refractivity contribution in [2.75, 3.05) is 7.05 Å². The van der Waals surface area contributed by atoms with Crippen molar-refractivity contribution in [1.82, 2.24) is 5.32 Å². The molecule has 0 fully saturated rings. The molecule has 0 radical (unpaired) electrons. The minimum Gasteiger partial charge on any atom is -0.491 e. The average Bonchev–Trinajstić information content (AvgIpc) is 2.38. The van der Waals surface area contributed by atoms with Crippen LogP contribution in [0.5, 0.6) is 5.75 Å². The monoisotopic (exact) mass is 277 g/mol. The van der Waals surface area contributed by atoms with E-state index < -0.39 is 10.5 Å². The number of nitrogens with one attached hydrogen (secondary N) is 1. The molecule has 0 saturated heterocycles. The van der Waals surface area contributed by atoms with Crippen molar-refractivity contribution < 1.29 is 9.66 Å². The average molecular weight is 277 g/mol. The lowest BCUT2D eigenvalue weighted by Crippen LogP contribution is -2.41. The lowest BCUT2D eigenvalue weighted by molar-refractivity contribution is -0.385. The highest BCUT2D eigenvalue weighted by atomic mass is 16.6. The highest BCUT2D eigenvalue weighted by Gasteiger charge is 2.25. The first-order valence-electron chi connectivity index (χ1n) is 6.33. The standard InChI is InChI=1S/C14H19N3O3/c1-10-7-12(5-6-13(10)17(18)19)20-11(2)8-14(3,9-15)16-4/h5-7,11,16H,8H2,1-4H3. The fourth-order valence-corrected chi connectivity index (χ4v) is 1.96. The number of ether oxygens (including phenoxy) is 1. The van der Waals surface area contributed by atoms with Gasteiger partial charge >= 0.3 is 0 Å². The summed E-state index contributed by atoms with van der Waals surface area (Å²) in [6, 6.07) is 6.84. The summed E-state index contributed by atoms with van der Waals surface area (Å²) in [6.45, 7) is 5.33. The SMILES string of the molecule is CNC(C)(C#N)CC(C)Oc1ccc([N+](=O)[O-])c(C)c1. The van der Waals surface area contributed by atoms with Crippen LogP contribution < -0.4 is 10.1 Å². The summed E-state index contributed by atoms with van der Waals surface area (Å²) < 4.78 is 5.72. The Balaban J connectivity index is 2.77. The van der Waals surface area contributed by atoms with Gasteiger partial charge in [0, 0.05) is 18.1 Å². The number of rotatable bonds is 6. The highest BCUT2D eigenvalue weighted by Crippen LogP contribution is 2.25. The van der Waals surface area contributed by atoms with Crippen LogP contribution in [-0.4, -0.2) is 23.6 Å². The topological polar surface area (TPSA) is 88.2 Å². The second kappa shape index (κ2) is 6.35. The molecule has 20 heavy (non-hydrogen) atoms. The summed E-state index contributed by atoms with van der Waals surface area (Å²) in [5, 5.41) is 22.8. The van der Waals surface area contributed by atoms with Gasteiger partial charge in [-0.15, -0.1) is 0 Å². The molecule has 0 bridgehead atoms. The van der Waals surface area contributed by atoms with E-state index in [2.05, 4.69) is 11.4 Å². The molecule has 1 aromatic carbocycles. The van der Waals surface area contributed by atoms with Gasteiger partial charge in [-0.2, -0.15) is 5.26 Å². The second-order valence-corrected chi connectivity index (χ2v) is 5.03. The number of aryl methyl sites for hydroxylation is 1. The van der Waals surface area contributed by atoms with Crippen LogP contribution in [0.15, 0.2) is 18.2 Å². The minimum atomic E-state index is -0.658. The molecule has 1 N–H and O–H groups in total. The quantitative estimate of drug-likeness (QED) is 0.637. The molecule has 1 rings (SSSR count). The van der Waals surface area contributed by atoms with Gasteiger partial charge in [0.15, 0.2) is 0 Å². The van der Waals surface area contributed by atoms with E-state index in [-0.39, 0.29) is 11.8 Å². The first-order chi connectivity index (χ1) is 9.31. The number of nitriles is 1. The molecule has 2 unspecified atom stereocenters. The molecule has 6 heteroatoms. The van der Waals surface area contributed by atoms with Crippen molar-refractivity contribution in [3.8, 4) is 11.8 Å². The second-order valence-electron chi connectivity index (χ2n) is 5.03. The Morgan fingerprint density at radius 1 is 1.60 bits per heavy atom. The van der Waals surface area contributed by atoms with E-state index >= 15 is 0 Å². The molecule has 108 valence electrons. The molecule has 2 atom stereocenters. The Morgan fingerprint density at radius 3 is 2.70 bits per heavy atom. The summed E-state index contributed by atoms with van der Waals surface area (Å²) in [5.74, 6) is 0.567. The minimum absolute atomic E-state index is 0.0714. The van der Waals surface area contributed by atoms with Crippen LogP contribution >= 0.6 is 0 Å². The van der Waals surface area contributed by atoms with Gasteiger partial charge in [-0.3, -0.25) is 10.1 Å². The molecule has 6 nitrogen and oxygen atoms in total. The van der Waals surface area contributed by atoms with E-state index in [4.69, 9.17) is 10.00 Å². The van der Waals surface area contributed by atoms with Crippen molar-refractivity contribution in [1.29, 1.82) is 5.26 Å². The highest BCUT2D eigenvalue weighted by molar-refractivity contribution is 5.44. The molecule has 0 aromatic heterocycles. The summed E-state index contributed by atoms with van der Waals surface area (Å²) in [5.41, 5.74) is -0.0339. The van der Waals surface area contributed by atoms with Crippen LogP contribution in [0.2, 0.25) is 0 Å². The molecule has 0 aliphatic carbocycles. The number of nitrogens with zero attached hydrogens (tertiary/aromatic N) is 2. The molecule has 0 spiro atoms. The van der Waals surface area contributed by atoms with Crippen molar-refractivity contribution in [3.05, 3.63) is 33.9 Å². The summed E-state index contributed by atoms with van der Waals surface area (Å²) in [4.78, 5) is 10.3. The summed E-state index contributed by atoms with van der Waals surface area (Å²) >= 11 is 0. The van der Waals surface area contributed by atoms with Crippen LogP contribution in [-0.2, 0) is 0 Å². The van der Waals surface area contributed by atoms with Crippen LogP contribution in [0.1, 0.15) is 25.8 Å². The number of hydrogen-bond donors (Lipinski definition) is 1. The molecule has 0 aliphatic rings. The Morgan fingerprint density at radius 2 is 2.25 bits per heavy atom. The van der Waals surface area contributed by atoms with E-state index in [1.807, 2.05) is 6.92 Å². The van der Waals surface area contributed by atoms with Gasteiger partial charge in [-0.05, 0) is 40.0 Å². The third-order valence-electron chi connectivity index (χ3n) is 3.20. The Hall–Kier alpha value is -2.13.